The lowest BCUT2D eigenvalue weighted by Gasteiger charge is -2.13. The number of halogens is 1. The van der Waals surface area contributed by atoms with Gasteiger partial charge >= 0.3 is 0 Å². The Hall–Kier alpha value is -3.95. The van der Waals surface area contributed by atoms with E-state index in [9.17, 15) is 15.2 Å². The Bertz CT molecular complexity index is 1420. The SMILES string of the molecule is Cc1ccc(C#N)c(C(O)=Cc2nc3ccccc3c(=O)n2-c2ccccc2Cl)n1. The monoisotopic (exact) mass is 414 g/mol. The molecule has 2 heterocycles. The van der Waals surface area contributed by atoms with Gasteiger partial charge in [0.25, 0.3) is 5.56 Å². The van der Waals surface area contributed by atoms with Crippen LogP contribution in [0.3, 0.4) is 0 Å². The van der Waals surface area contributed by atoms with E-state index >= 15 is 0 Å². The first kappa shape index (κ1) is 19.4. The highest BCUT2D eigenvalue weighted by Gasteiger charge is 2.16. The van der Waals surface area contributed by atoms with Gasteiger partial charge in [-0.05, 0) is 43.3 Å². The molecule has 0 saturated heterocycles. The van der Waals surface area contributed by atoms with Crippen LogP contribution in [0.1, 0.15) is 22.8 Å². The molecule has 0 aliphatic heterocycles. The third-order valence-corrected chi connectivity index (χ3v) is 4.88. The van der Waals surface area contributed by atoms with Crippen molar-refractivity contribution in [3.63, 3.8) is 0 Å². The average Bonchev–Trinajstić information content (AvgIpc) is 2.75. The van der Waals surface area contributed by atoms with E-state index in [0.29, 0.717) is 27.3 Å². The maximum absolute atomic E-state index is 13.3. The van der Waals surface area contributed by atoms with Gasteiger partial charge in [0, 0.05) is 11.8 Å². The van der Waals surface area contributed by atoms with Crippen molar-refractivity contribution >= 4 is 34.3 Å². The molecule has 7 heteroatoms. The number of hydrogen-bond acceptors (Lipinski definition) is 5. The van der Waals surface area contributed by atoms with E-state index in [1.54, 1.807) is 67.6 Å². The van der Waals surface area contributed by atoms with Crippen molar-refractivity contribution in [3.05, 3.63) is 98.8 Å². The molecule has 4 rings (SSSR count). The molecule has 0 radical (unpaired) electrons. The van der Waals surface area contributed by atoms with Crippen molar-refractivity contribution in [3.8, 4) is 11.8 Å². The molecule has 0 atom stereocenters. The van der Waals surface area contributed by atoms with Gasteiger partial charge in [0.2, 0.25) is 0 Å². The number of fused-ring (bicyclic) bond motifs is 1. The molecule has 0 saturated carbocycles. The minimum Gasteiger partial charge on any atom is -0.505 e. The number of benzene rings is 2. The molecular weight excluding hydrogens is 400 g/mol. The van der Waals surface area contributed by atoms with Gasteiger partial charge in [-0.15, -0.1) is 0 Å². The summed E-state index contributed by atoms with van der Waals surface area (Å²) in [6.07, 6.45) is 1.32. The molecule has 0 fully saturated rings. The number of nitrogens with zero attached hydrogens (tertiary/aromatic N) is 4. The van der Waals surface area contributed by atoms with Crippen LogP contribution in [0, 0.1) is 18.3 Å². The number of aliphatic hydroxyl groups is 1. The van der Waals surface area contributed by atoms with E-state index in [2.05, 4.69) is 9.97 Å². The van der Waals surface area contributed by atoms with Crippen LogP contribution in [0.15, 0.2) is 65.5 Å². The van der Waals surface area contributed by atoms with E-state index in [1.807, 2.05) is 6.07 Å². The molecule has 0 spiro atoms. The number of para-hydroxylation sites is 2. The van der Waals surface area contributed by atoms with Crippen molar-refractivity contribution in [2.45, 2.75) is 6.92 Å². The average molecular weight is 415 g/mol. The zero-order valence-electron chi connectivity index (χ0n) is 15.9. The van der Waals surface area contributed by atoms with Crippen molar-refractivity contribution in [1.29, 1.82) is 5.26 Å². The fraction of sp³-hybridized carbons (Fsp3) is 0.0435. The van der Waals surface area contributed by atoms with E-state index in [4.69, 9.17) is 11.6 Å². The Labute approximate surface area is 177 Å². The molecule has 1 N–H and O–H groups in total. The normalized spacial score (nSPS) is 11.4. The first-order valence-corrected chi connectivity index (χ1v) is 9.43. The van der Waals surface area contributed by atoms with E-state index in [0.717, 1.165) is 0 Å². The van der Waals surface area contributed by atoms with E-state index < -0.39 is 0 Å². The zero-order valence-corrected chi connectivity index (χ0v) is 16.6. The number of nitriles is 1. The van der Waals surface area contributed by atoms with Crippen LogP contribution < -0.4 is 5.56 Å². The Balaban J connectivity index is 2.04. The molecule has 2 aromatic carbocycles. The summed E-state index contributed by atoms with van der Waals surface area (Å²) >= 11 is 6.35. The van der Waals surface area contributed by atoms with Crippen LogP contribution in [-0.4, -0.2) is 19.6 Å². The highest BCUT2D eigenvalue weighted by atomic mass is 35.5. The van der Waals surface area contributed by atoms with Crippen LogP contribution in [0.5, 0.6) is 0 Å². The third kappa shape index (κ3) is 3.43. The Morgan fingerprint density at radius 1 is 1.10 bits per heavy atom. The first-order chi connectivity index (χ1) is 14.5. The topological polar surface area (TPSA) is 91.8 Å². The molecule has 0 bridgehead atoms. The number of aromatic nitrogens is 3. The Morgan fingerprint density at radius 2 is 1.83 bits per heavy atom. The Kier molecular flexibility index (Phi) is 5.05. The fourth-order valence-electron chi connectivity index (χ4n) is 3.15. The van der Waals surface area contributed by atoms with Gasteiger partial charge in [0.15, 0.2) is 0 Å². The fourth-order valence-corrected chi connectivity index (χ4v) is 3.37. The summed E-state index contributed by atoms with van der Waals surface area (Å²) in [5.74, 6) is -0.116. The summed E-state index contributed by atoms with van der Waals surface area (Å²) in [6, 6.07) is 19.1. The second-order valence-electron chi connectivity index (χ2n) is 6.57. The summed E-state index contributed by atoms with van der Waals surface area (Å²) in [7, 11) is 0. The summed E-state index contributed by atoms with van der Waals surface area (Å²) < 4.78 is 1.34. The third-order valence-electron chi connectivity index (χ3n) is 4.56. The van der Waals surface area contributed by atoms with Gasteiger partial charge in [0.05, 0.1) is 27.2 Å². The maximum atomic E-state index is 13.3. The quantitative estimate of drug-likeness (QED) is 0.492. The Morgan fingerprint density at radius 3 is 2.60 bits per heavy atom. The molecule has 0 unspecified atom stereocenters. The lowest BCUT2D eigenvalue weighted by atomic mass is 10.1. The summed E-state index contributed by atoms with van der Waals surface area (Å²) in [5, 5.41) is 20.9. The minimum absolute atomic E-state index is 0.116. The van der Waals surface area contributed by atoms with Crippen LogP contribution in [0.4, 0.5) is 0 Å². The highest BCUT2D eigenvalue weighted by molar-refractivity contribution is 6.32. The van der Waals surface area contributed by atoms with Crippen molar-refractivity contribution in [2.75, 3.05) is 0 Å². The second-order valence-corrected chi connectivity index (χ2v) is 6.98. The summed E-state index contributed by atoms with van der Waals surface area (Å²) in [6.45, 7) is 1.76. The van der Waals surface area contributed by atoms with Crippen molar-refractivity contribution < 1.29 is 5.11 Å². The van der Waals surface area contributed by atoms with Gasteiger partial charge in [-0.25, -0.2) is 9.97 Å². The predicted octanol–water partition coefficient (Wildman–Crippen LogP) is 4.67. The molecule has 4 aromatic rings. The lowest BCUT2D eigenvalue weighted by Crippen LogP contribution is -2.22. The van der Waals surface area contributed by atoms with Crippen molar-refractivity contribution in [2.24, 2.45) is 0 Å². The standard InChI is InChI=1S/C23H15ClN4O2/c1-14-10-11-15(13-25)22(26-14)20(29)12-21-27-18-8-4-2-6-16(18)23(30)28(21)19-9-5-3-7-17(19)24/h2-12,29H,1H3. The molecular formula is C23H15ClN4O2. The largest absolute Gasteiger partial charge is 0.505 e. The van der Waals surface area contributed by atoms with Gasteiger partial charge in [0.1, 0.15) is 23.3 Å². The number of aryl methyl sites for hydroxylation is 1. The number of rotatable bonds is 3. The number of hydrogen-bond donors (Lipinski definition) is 1. The van der Waals surface area contributed by atoms with Crippen LogP contribution in [-0.2, 0) is 0 Å². The lowest BCUT2D eigenvalue weighted by molar-refractivity contribution is 0.511. The maximum Gasteiger partial charge on any atom is 0.266 e. The molecule has 2 aromatic heterocycles. The second kappa shape index (κ2) is 7.82. The summed E-state index contributed by atoms with van der Waals surface area (Å²) in [4.78, 5) is 22.1. The molecule has 146 valence electrons. The van der Waals surface area contributed by atoms with Gasteiger partial charge < -0.3 is 5.11 Å². The molecule has 0 aliphatic rings. The van der Waals surface area contributed by atoms with E-state index in [-0.39, 0.29) is 28.4 Å². The van der Waals surface area contributed by atoms with Gasteiger partial charge in [-0.3, -0.25) is 9.36 Å². The molecule has 30 heavy (non-hydrogen) atoms. The summed E-state index contributed by atoms with van der Waals surface area (Å²) in [5.41, 5.74) is 1.54. The molecule has 6 nitrogen and oxygen atoms in total. The van der Waals surface area contributed by atoms with Crippen LogP contribution >= 0.6 is 11.6 Å². The number of pyridine rings is 1. The first-order valence-electron chi connectivity index (χ1n) is 9.05. The molecule has 0 aliphatic carbocycles. The van der Waals surface area contributed by atoms with Crippen LogP contribution in [0.2, 0.25) is 5.02 Å². The van der Waals surface area contributed by atoms with Gasteiger partial charge in [-0.1, -0.05) is 35.9 Å². The predicted molar refractivity (Wildman–Crippen MR) is 117 cm³/mol. The smallest absolute Gasteiger partial charge is 0.266 e. The van der Waals surface area contributed by atoms with E-state index in [1.165, 1.54) is 10.6 Å². The zero-order chi connectivity index (χ0) is 21.3. The van der Waals surface area contributed by atoms with Crippen LogP contribution in [0.25, 0.3) is 28.4 Å². The van der Waals surface area contributed by atoms with Crippen molar-refractivity contribution in [1.82, 2.24) is 14.5 Å². The number of aliphatic hydroxyl groups excluding tert-OH is 1. The highest BCUT2D eigenvalue weighted by Crippen LogP contribution is 2.23. The minimum atomic E-state index is -0.328. The molecule has 0 amide bonds. The van der Waals surface area contributed by atoms with Gasteiger partial charge in [-0.2, -0.15) is 5.26 Å².